The maximum absolute atomic E-state index is 13.3. The van der Waals surface area contributed by atoms with E-state index in [1.165, 1.54) is 0 Å². The molecule has 0 fully saturated rings. The van der Waals surface area contributed by atoms with Crippen molar-refractivity contribution in [3.63, 3.8) is 0 Å². The predicted molar refractivity (Wildman–Crippen MR) is 94.6 cm³/mol. The molecule has 1 amide bonds. The molecule has 3 rings (SSSR count). The Morgan fingerprint density at radius 1 is 1.12 bits per heavy atom. The number of amides is 1. The Kier molecular flexibility index (Phi) is 4.74. The summed E-state index contributed by atoms with van der Waals surface area (Å²) in [5.74, 6) is 1.47. The molecule has 1 aliphatic heterocycles. The molecular formula is C20H23NO3. The number of rotatable bonds is 4. The van der Waals surface area contributed by atoms with Gasteiger partial charge in [-0.05, 0) is 37.1 Å². The molecule has 2 aromatic rings. The van der Waals surface area contributed by atoms with Gasteiger partial charge in [-0.15, -0.1) is 0 Å². The van der Waals surface area contributed by atoms with Crippen molar-refractivity contribution in [2.75, 3.05) is 11.5 Å². The number of carbonyl (C=O) groups excluding carboxylic acids is 1. The molecule has 0 aromatic heterocycles. The summed E-state index contributed by atoms with van der Waals surface area (Å²) in [5, 5.41) is 0. The van der Waals surface area contributed by atoms with Gasteiger partial charge in [0.2, 0.25) is 0 Å². The van der Waals surface area contributed by atoms with E-state index in [0.29, 0.717) is 12.4 Å². The van der Waals surface area contributed by atoms with E-state index in [1.54, 1.807) is 0 Å². The highest BCUT2D eigenvalue weighted by molar-refractivity contribution is 5.99. The summed E-state index contributed by atoms with van der Waals surface area (Å²) in [6, 6.07) is 17.1. The van der Waals surface area contributed by atoms with Crippen molar-refractivity contribution in [2.24, 2.45) is 5.92 Å². The Bertz CT molecular complexity index is 699. The average molecular weight is 325 g/mol. The maximum Gasteiger partial charge on any atom is 0.268 e. The fraction of sp³-hybridized carbons (Fsp3) is 0.350. The molecule has 2 aromatic carbocycles. The second kappa shape index (κ2) is 6.95. The molecule has 0 aliphatic carbocycles. The van der Waals surface area contributed by atoms with Crippen LogP contribution in [0.2, 0.25) is 0 Å². The Balaban J connectivity index is 1.90. The Labute approximate surface area is 143 Å². The molecule has 0 saturated carbocycles. The van der Waals surface area contributed by atoms with Gasteiger partial charge in [-0.2, -0.15) is 0 Å². The fourth-order valence-corrected chi connectivity index (χ4v) is 2.89. The number of fused-ring (bicyclic) bond motifs is 1. The van der Waals surface area contributed by atoms with Crippen LogP contribution in [-0.4, -0.2) is 24.7 Å². The van der Waals surface area contributed by atoms with E-state index < -0.39 is 6.10 Å². The molecule has 0 bridgehead atoms. The third-order valence-corrected chi connectivity index (χ3v) is 4.14. The number of carbonyl (C=O) groups is 1. The number of para-hydroxylation sites is 3. The lowest BCUT2D eigenvalue weighted by atomic mass is 10.0. The molecule has 4 nitrogen and oxygen atoms in total. The first kappa shape index (κ1) is 16.4. The van der Waals surface area contributed by atoms with Crippen LogP contribution >= 0.6 is 0 Å². The third kappa shape index (κ3) is 3.23. The first-order chi connectivity index (χ1) is 11.6. The van der Waals surface area contributed by atoms with Gasteiger partial charge in [0.25, 0.3) is 5.91 Å². The van der Waals surface area contributed by atoms with Crippen LogP contribution in [-0.2, 0) is 4.79 Å². The Morgan fingerprint density at radius 2 is 1.79 bits per heavy atom. The van der Waals surface area contributed by atoms with Crippen LogP contribution in [0.15, 0.2) is 54.6 Å². The van der Waals surface area contributed by atoms with Gasteiger partial charge in [0, 0.05) is 0 Å². The summed E-state index contributed by atoms with van der Waals surface area (Å²) in [4.78, 5) is 15.1. The topological polar surface area (TPSA) is 38.8 Å². The zero-order valence-electron chi connectivity index (χ0n) is 14.3. The van der Waals surface area contributed by atoms with Crippen LogP contribution in [0, 0.1) is 5.92 Å². The van der Waals surface area contributed by atoms with E-state index in [9.17, 15) is 4.79 Å². The summed E-state index contributed by atoms with van der Waals surface area (Å²) in [7, 11) is 0. The van der Waals surface area contributed by atoms with E-state index in [0.717, 1.165) is 11.4 Å². The minimum atomic E-state index is -0.541. The zero-order chi connectivity index (χ0) is 17.1. The Morgan fingerprint density at radius 3 is 2.50 bits per heavy atom. The number of anilines is 1. The lowest BCUT2D eigenvalue weighted by Crippen LogP contribution is -2.52. The summed E-state index contributed by atoms with van der Waals surface area (Å²) in [6.45, 7) is 6.48. The number of ether oxygens (including phenoxy) is 2. The second-order valence-electron chi connectivity index (χ2n) is 6.43. The molecular weight excluding hydrogens is 302 g/mol. The Hall–Kier alpha value is -2.49. The van der Waals surface area contributed by atoms with Crippen molar-refractivity contribution < 1.29 is 14.3 Å². The van der Waals surface area contributed by atoms with Crippen LogP contribution in [0.3, 0.4) is 0 Å². The lowest BCUT2D eigenvalue weighted by molar-refractivity contribution is -0.127. The van der Waals surface area contributed by atoms with Crippen LogP contribution in [0.5, 0.6) is 11.5 Å². The van der Waals surface area contributed by atoms with Crippen molar-refractivity contribution in [1.82, 2.24) is 0 Å². The van der Waals surface area contributed by atoms with Crippen LogP contribution in [0.4, 0.5) is 5.69 Å². The van der Waals surface area contributed by atoms with Gasteiger partial charge in [0.05, 0.1) is 11.7 Å². The van der Waals surface area contributed by atoms with Crippen molar-refractivity contribution in [1.29, 1.82) is 0 Å². The molecule has 24 heavy (non-hydrogen) atoms. The van der Waals surface area contributed by atoms with Crippen LogP contribution < -0.4 is 14.4 Å². The minimum Gasteiger partial charge on any atom is -0.489 e. The molecule has 2 atom stereocenters. The van der Waals surface area contributed by atoms with E-state index >= 15 is 0 Å². The average Bonchev–Trinajstić information content (AvgIpc) is 2.59. The SMILES string of the molecule is CC(C)[C@H](Oc1ccccc1)C(=O)N1c2ccccc2OC[C@H]1C. The number of hydrogen-bond donors (Lipinski definition) is 0. The molecule has 0 spiro atoms. The van der Waals surface area contributed by atoms with Gasteiger partial charge in [-0.25, -0.2) is 0 Å². The number of benzene rings is 2. The van der Waals surface area contributed by atoms with Crippen molar-refractivity contribution in [3.05, 3.63) is 54.6 Å². The van der Waals surface area contributed by atoms with Gasteiger partial charge in [0.15, 0.2) is 6.10 Å². The van der Waals surface area contributed by atoms with Gasteiger partial charge in [-0.1, -0.05) is 44.2 Å². The standard InChI is InChI=1S/C20H23NO3/c1-14(2)19(24-16-9-5-4-6-10-16)20(22)21-15(3)13-23-18-12-8-7-11-17(18)21/h4-12,14-15,19H,13H2,1-3H3/t15-,19+/m1/s1. The maximum atomic E-state index is 13.3. The summed E-state index contributed by atoms with van der Waals surface area (Å²) in [5.41, 5.74) is 0.809. The third-order valence-electron chi connectivity index (χ3n) is 4.14. The quantitative estimate of drug-likeness (QED) is 0.855. The predicted octanol–water partition coefficient (Wildman–Crippen LogP) is 3.90. The van der Waals surface area contributed by atoms with Gasteiger partial charge in [0.1, 0.15) is 18.1 Å². The molecule has 0 radical (unpaired) electrons. The highest BCUT2D eigenvalue weighted by atomic mass is 16.5. The molecule has 0 saturated heterocycles. The normalized spacial score (nSPS) is 17.8. The van der Waals surface area contributed by atoms with Crippen molar-refractivity contribution in [2.45, 2.75) is 32.9 Å². The van der Waals surface area contributed by atoms with Crippen LogP contribution in [0.25, 0.3) is 0 Å². The van der Waals surface area contributed by atoms with E-state index in [2.05, 4.69) is 0 Å². The van der Waals surface area contributed by atoms with Gasteiger partial charge < -0.3 is 9.47 Å². The molecule has 1 heterocycles. The largest absolute Gasteiger partial charge is 0.489 e. The van der Waals surface area contributed by atoms with E-state index in [4.69, 9.17) is 9.47 Å². The van der Waals surface area contributed by atoms with Crippen molar-refractivity contribution >= 4 is 11.6 Å². The smallest absolute Gasteiger partial charge is 0.268 e. The first-order valence-electron chi connectivity index (χ1n) is 8.34. The molecule has 0 N–H and O–H groups in total. The fourth-order valence-electron chi connectivity index (χ4n) is 2.89. The zero-order valence-corrected chi connectivity index (χ0v) is 14.3. The van der Waals surface area contributed by atoms with E-state index in [-0.39, 0.29) is 17.9 Å². The van der Waals surface area contributed by atoms with E-state index in [1.807, 2.05) is 80.3 Å². The second-order valence-corrected chi connectivity index (χ2v) is 6.43. The van der Waals surface area contributed by atoms with Gasteiger partial charge >= 0.3 is 0 Å². The molecule has 126 valence electrons. The monoisotopic (exact) mass is 325 g/mol. The minimum absolute atomic E-state index is 0.0305. The summed E-state index contributed by atoms with van der Waals surface area (Å²) in [6.07, 6.45) is -0.541. The number of hydrogen-bond acceptors (Lipinski definition) is 3. The molecule has 4 heteroatoms. The lowest BCUT2D eigenvalue weighted by Gasteiger charge is -2.37. The summed E-state index contributed by atoms with van der Waals surface area (Å²) >= 11 is 0. The number of nitrogens with zero attached hydrogens (tertiary/aromatic N) is 1. The summed E-state index contributed by atoms with van der Waals surface area (Å²) < 4.78 is 11.8. The molecule has 0 unspecified atom stereocenters. The first-order valence-corrected chi connectivity index (χ1v) is 8.34. The van der Waals surface area contributed by atoms with Crippen molar-refractivity contribution in [3.8, 4) is 11.5 Å². The highest BCUT2D eigenvalue weighted by Gasteiger charge is 2.36. The molecule has 1 aliphatic rings. The van der Waals surface area contributed by atoms with Crippen LogP contribution in [0.1, 0.15) is 20.8 Å². The van der Waals surface area contributed by atoms with Gasteiger partial charge in [-0.3, -0.25) is 9.69 Å². The highest BCUT2D eigenvalue weighted by Crippen LogP contribution is 2.34.